The molecule has 3 rings (SSSR count). The number of hydrogen-bond donors (Lipinski definition) is 0. The van der Waals surface area contributed by atoms with Crippen LogP contribution in [0.1, 0.15) is 43.6 Å². The first-order chi connectivity index (χ1) is 8.93. The van der Waals surface area contributed by atoms with E-state index in [1.165, 1.54) is 50.8 Å². The molecule has 1 aliphatic carbocycles. The van der Waals surface area contributed by atoms with E-state index in [1.807, 2.05) is 0 Å². The van der Waals surface area contributed by atoms with E-state index >= 15 is 0 Å². The molecule has 1 atom stereocenters. The highest BCUT2D eigenvalue weighted by atomic mass is 15.2. The van der Waals surface area contributed by atoms with Crippen LogP contribution in [-0.2, 0) is 0 Å². The lowest BCUT2D eigenvalue weighted by Gasteiger charge is -2.37. The van der Waals surface area contributed by atoms with Gasteiger partial charge in [-0.15, -0.1) is 0 Å². The van der Waals surface area contributed by atoms with Gasteiger partial charge in [0.1, 0.15) is 0 Å². The van der Waals surface area contributed by atoms with Gasteiger partial charge in [-0.25, -0.2) is 0 Å². The van der Waals surface area contributed by atoms with Gasteiger partial charge in [0.15, 0.2) is 0 Å². The van der Waals surface area contributed by atoms with E-state index in [-0.39, 0.29) is 0 Å². The largest absolute Gasteiger partial charge is 0.297 e. The van der Waals surface area contributed by atoms with Crippen LogP contribution in [0.4, 0.5) is 0 Å². The minimum Gasteiger partial charge on any atom is -0.297 e. The first-order valence-electron chi connectivity index (χ1n) is 7.39. The van der Waals surface area contributed by atoms with Crippen LogP contribution < -0.4 is 0 Å². The molecule has 2 aliphatic rings. The molecular weight excluding hydrogens is 218 g/mol. The summed E-state index contributed by atoms with van der Waals surface area (Å²) in [6.07, 6.45) is 11.5. The number of rotatable bonds is 2. The highest BCUT2D eigenvalue weighted by Gasteiger charge is 2.24. The Morgan fingerprint density at radius 2 is 1.72 bits per heavy atom. The van der Waals surface area contributed by atoms with Crippen molar-refractivity contribution >= 4 is 0 Å². The Kier molecular flexibility index (Phi) is 3.80. The van der Waals surface area contributed by atoms with Crippen molar-refractivity contribution in [3.8, 4) is 0 Å². The Hall–Kier alpha value is -1.08. The van der Waals surface area contributed by atoms with Gasteiger partial charge < -0.3 is 0 Å². The van der Waals surface area contributed by atoms with Gasteiger partial charge in [0.05, 0.1) is 0 Å². The molecule has 1 heteroatoms. The molecule has 0 saturated carbocycles. The van der Waals surface area contributed by atoms with Crippen molar-refractivity contribution in [2.75, 3.05) is 13.1 Å². The predicted octanol–water partition coefficient (Wildman–Crippen LogP) is 3.97. The second-order valence-corrected chi connectivity index (χ2v) is 5.65. The van der Waals surface area contributed by atoms with Crippen LogP contribution >= 0.6 is 0 Å². The highest BCUT2D eigenvalue weighted by molar-refractivity contribution is 5.20. The maximum Gasteiger partial charge on any atom is 0.0278 e. The van der Waals surface area contributed by atoms with Crippen LogP contribution in [0.5, 0.6) is 0 Å². The molecule has 1 heterocycles. The average Bonchev–Trinajstić information content (AvgIpc) is 2.49. The number of piperidine rings is 1. The van der Waals surface area contributed by atoms with Crippen LogP contribution in [0.2, 0.25) is 0 Å². The number of nitrogens with zero attached hydrogens (tertiary/aromatic N) is 1. The lowest BCUT2D eigenvalue weighted by atomic mass is 9.88. The quantitative estimate of drug-likeness (QED) is 0.708. The van der Waals surface area contributed by atoms with Crippen molar-refractivity contribution in [1.82, 2.24) is 4.90 Å². The third-order valence-electron chi connectivity index (χ3n) is 4.50. The first-order valence-corrected chi connectivity index (χ1v) is 7.39. The van der Waals surface area contributed by atoms with E-state index in [2.05, 4.69) is 47.4 Å². The van der Waals surface area contributed by atoms with Crippen molar-refractivity contribution in [2.24, 2.45) is 0 Å². The Balaban J connectivity index is 1.58. The van der Waals surface area contributed by atoms with Crippen LogP contribution in [0.15, 0.2) is 42.5 Å². The highest BCUT2D eigenvalue weighted by Crippen LogP contribution is 2.30. The van der Waals surface area contributed by atoms with Crippen molar-refractivity contribution < 1.29 is 0 Å². The van der Waals surface area contributed by atoms with Gasteiger partial charge in [-0.3, -0.25) is 4.90 Å². The summed E-state index contributed by atoms with van der Waals surface area (Å²) in [6.45, 7) is 2.54. The number of hydrogen-bond acceptors (Lipinski definition) is 1. The molecule has 0 N–H and O–H groups in total. The normalized spacial score (nSPS) is 26.3. The maximum absolute atomic E-state index is 2.69. The zero-order valence-electron chi connectivity index (χ0n) is 11.1. The molecule has 1 saturated heterocycles. The molecule has 0 bridgehead atoms. The minimum atomic E-state index is 0.732. The summed E-state index contributed by atoms with van der Waals surface area (Å²) in [7, 11) is 0. The van der Waals surface area contributed by atoms with Crippen molar-refractivity contribution in [3.05, 3.63) is 48.0 Å². The molecule has 96 valence electrons. The lowest BCUT2D eigenvalue weighted by Crippen LogP contribution is -2.40. The SMILES string of the molecule is C1=CC(N2CCC(c3ccccc3)CC2)CCC1. The lowest BCUT2D eigenvalue weighted by molar-refractivity contribution is 0.167. The van der Waals surface area contributed by atoms with Crippen LogP contribution in [-0.4, -0.2) is 24.0 Å². The second-order valence-electron chi connectivity index (χ2n) is 5.65. The topological polar surface area (TPSA) is 3.24 Å². The first kappa shape index (κ1) is 12.0. The van der Waals surface area contributed by atoms with E-state index in [4.69, 9.17) is 0 Å². The molecule has 1 aliphatic heterocycles. The van der Waals surface area contributed by atoms with Crippen molar-refractivity contribution in [2.45, 2.75) is 44.1 Å². The smallest absolute Gasteiger partial charge is 0.0278 e. The summed E-state index contributed by atoms with van der Waals surface area (Å²) >= 11 is 0. The molecule has 0 radical (unpaired) electrons. The Bertz CT molecular complexity index is 387. The molecule has 1 unspecified atom stereocenters. The van der Waals surface area contributed by atoms with Gasteiger partial charge in [0.2, 0.25) is 0 Å². The fourth-order valence-electron chi connectivity index (χ4n) is 3.39. The minimum absolute atomic E-state index is 0.732. The van der Waals surface area contributed by atoms with E-state index in [0.717, 1.165) is 12.0 Å². The van der Waals surface area contributed by atoms with Crippen molar-refractivity contribution in [3.63, 3.8) is 0 Å². The van der Waals surface area contributed by atoms with E-state index in [9.17, 15) is 0 Å². The molecule has 0 amide bonds. The fraction of sp³-hybridized carbons (Fsp3) is 0.529. The Labute approximate surface area is 111 Å². The van der Waals surface area contributed by atoms with E-state index in [0.29, 0.717) is 0 Å². The molecule has 1 aromatic rings. The van der Waals surface area contributed by atoms with Gasteiger partial charge in [-0.1, -0.05) is 42.5 Å². The summed E-state index contributed by atoms with van der Waals surface area (Å²) in [5.41, 5.74) is 1.54. The second kappa shape index (κ2) is 5.71. The molecule has 1 nitrogen and oxygen atoms in total. The zero-order chi connectivity index (χ0) is 12.2. The summed E-state index contributed by atoms with van der Waals surface area (Å²) < 4.78 is 0. The van der Waals surface area contributed by atoms with Gasteiger partial charge in [-0.05, 0) is 56.7 Å². The predicted molar refractivity (Wildman–Crippen MR) is 76.8 cm³/mol. The van der Waals surface area contributed by atoms with Crippen LogP contribution in [0.3, 0.4) is 0 Å². The summed E-state index contributed by atoms with van der Waals surface area (Å²) in [6, 6.07) is 11.8. The summed E-state index contributed by atoms with van der Waals surface area (Å²) in [5, 5.41) is 0. The molecule has 1 aromatic carbocycles. The van der Waals surface area contributed by atoms with E-state index < -0.39 is 0 Å². The standard InChI is InChI=1S/C17H23N/c1-3-7-15(8-4-1)16-11-13-18(14-12-16)17-9-5-2-6-10-17/h1,3-5,7-9,16-17H,2,6,10-14H2. The third kappa shape index (κ3) is 2.67. The van der Waals surface area contributed by atoms with Gasteiger partial charge in [0, 0.05) is 6.04 Å². The van der Waals surface area contributed by atoms with Crippen molar-refractivity contribution in [1.29, 1.82) is 0 Å². The zero-order valence-corrected chi connectivity index (χ0v) is 11.1. The Morgan fingerprint density at radius 1 is 0.944 bits per heavy atom. The third-order valence-corrected chi connectivity index (χ3v) is 4.50. The van der Waals surface area contributed by atoms with Crippen LogP contribution in [0.25, 0.3) is 0 Å². The number of allylic oxidation sites excluding steroid dienone is 1. The monoisotopic (exact) mass is 241 g/mol. The fourth-order valence-corrected chi connectivity index (χ4v) is 3.39. The molecule has 18 heavy (non-hydrogen) atoms. The molecular formula is C17H23N. The van der Waals surface area contributed by atoms with Gasteiger partial charge in [-0.2, -0.15) is 0 Å². The number of benzene rings is 1. The van der Waals surface area contributed by atoms with Gasteiger partial charge >= 0.3 is 0 Å². The van der Waals surface area contributed by atoms with E-state index in [1.54, 1.807) is 0 Å². The average molecular weight is 241 g/mol. The molecule has 0 aromatic heterocycles. The molecule has 0 spiro atoms. The summed E-state index contributed by atoms with van der Waals surface area (Å²) in [5.74, 6) is 0.787. The Morgan fingerprint density at radius 3 is 2.39 bits per heavy atom. The molecule has 1 fully saturated rings. The number of likely N-dealkylation sites (tertiary alicyclic amines) is 1. The maximum atomic E-state index is 2.69. The van der Waals surface area contributed by atoms with Gasteiger partial charge in [0.25, 0.3) is 0 Å². The summed E-state index contributed by atoms with van der Waals surface area (Å²) in [4.78, 5) is 2.69. The van der Waals surface area contributed by atoms with Crippen LogP contribution in [0, 0.1) is 0 Å².